The van der Waals surface area contributed by atoms with E-state index in [-0.39, 0.29) is 5.92 Å². The van der Waals surface area contributed by atoms with Crippen LogP contribution >= 0.6 is 0 Å². The molecule has 0 fully saturated rings. The van der Waals surface area contributed by atoms with Crippen LogP contribution in [0.15, 0.2) is 78.1 Å². The van der Waals surface area contributed by atoms with Gasteiger partial charge in [0.2, 0.25) is 0 Å². The van der Waals surface area contributed by atoms with Crippen LogP contribution in [-0.4, -0.2) is 29.0 Å². The average molecular weight is 412 g/mol. The van der Waals surface area contributed by atoms with E-state index in [1.54, 1.807) is 6.20 Å². The highest BCUT2D eigenvalue weighted by Crippen LogP contribution is 2.33. The fourth-order valence-corrected chi connectivity index (χ4v) is 4.33. The predicted octanol–water partition coefficient (Wildman–Crippen LogP) is 5.48. The lowest BCUT2D eigenvalue weighted by Gasteiger charge is -2.22. The maximum atomic E-state index is 9.85. The number of aromatic nitrogens is 1. The van der Waals surface area contributed by atoms with Crippen molar-refractivity contribution in [1.29, 1.82) is 0 Å². The Morgan fingerprint density at radius 2 is 1.90 bits per heavy atom. The maximum Gasteiger partial charge on any atom is 0.0878 e. The first-order chi connectivity index (χ1) is 15.2. The minimum absolute atomic E-state index is 0.0941. The van der Waals surface area contributed by atoms with Crippen molar-refractivity contribution < 1.29 is 5.21 Å². The van der Waals surface area contributed by atoms with Crippen LogP contribution in [0.5, 0.6) is 0 Å². The van der Waals surface area contributed by atoms with Crippen LogP contribution in [0.2, 0.25) is 0 Å². The van der Waals surface area contributed by atoms with Crippen LogP contribution < -0.4 is 5.32 Å². The maximum absolute atomic E-state index is 9.85. The van der Waals surface area contributed by atoms with Crippen LogP contribution in [0.3, 0.4) is 0 Å². The first-order valence-corrected chi connectivity index (χ1v) is 10.9. The van der Waals surface area contributed by atoms with Crippen molar-refractivity contribution in [2.24, 2.45) is 5.16 Å². The van der Waals surface area contributed by atoms with Gasteiger partial charge in [-0.2, -0.15) is 0 Å². The molecule has 158 valence electrons. The van der Waals surface area contributed by atoms with E-state index in [1.165, 1.54) is 27.8 Å². The molecule has 0 saturated heterocycles. The third-order valence-electron chi connectivity index (χ3n) is 6.06. The topological polar surface area (TPSA) is 57.5 Å². The molecule has 1 atom stereocenters. The molecular formula is C27H29N3O. The van der Waals surface area contributed by atoms with Crippen LogP contribution in [0.1, 0.15) is 52.3 Å². The number of aryl methyl sites for hydroxylation is 2. The van der Waals surface area contributed by atoms with Gasteiger partial charge in [-0.25, -0.2) is 0 Å². The fraction of sp³-hybridized carbons (Fsp3) is 0.259. The average Bonchev–Trinajstić information content (AvgIpc) is 2.81. The molecule has 2 N–H and O–H groups in total. The number of benzene rings is 2. The first kappa shape index (κ1) is 21.0. The van der Waals surface area contributed by atoms with E-state index in [0.717, 1.165) is 30.8 Å². The van der Waals surface area contributed by atoms with E-state index < -0.39 is 0 Å². The van der Waals surface area contributed by atoms with E-state index >= 15 is 0 Å². The molecule has 0 spiro atoms. The van der Waals surface area contributed by atoms with Gasteiger partial charge < -0.3 is 10.5 Å². The molecule has 0 unspecified atom stereocenters. The van der Waals surface area contributed by atoms with Gasteiger partial charge in [0.25, 0.3) is 0 Å². The highest BCUT2D eigenvalue weighted by atomic mass is 16.4. The van der Waals surface area contributed by atoms with Gasteiger partial charge >= 0.3 is 0 Å². The molecule has 2 aromatic carbocycles. The molecule has 4 nitrogen and oxygen atoms in total. The van der Waals surface area contributed by atoms with Gasteiger partial charge in [0.05, 0.1) is 5.71 Å². The zero-order valence-corrected chi connectivity index (χ0v) is 18.2. The van der Waals surface area contributed by atoms with Crippen molar-refractivity contribution in [3.63, 3.8) is 0 Å². The summed E-state index contributed by atoms with van der Waals surface area (Å²) in [5.41, 5.74) is 8.89. The Morgan fingerprint density at radius 3 is 2.58 bits per heavy atom. The summed E-state index contributed by atoms with van der Waals surface area (Å²) in [6.45, 7) is 6.06. The molecule has 1 aliphatic heterocycles. The largest absolute Gasteiger partial charge is 0.411 e. The number of nitrogens with one attached hydrogen (secondary N) is 1. The van der Waals surface area contributed by atoms with E-state index in [1.807, 2.05) is 19.1 Å². The minimum atomic E-state index is 0.0941. The van der Waals surface area contributed by atoms with Crippen molar-refractivity contribution in [2.45, 2.75) is 32.6 Å². The summed E-state index contributed by atoms with van der Waals surface area (Å²) in [6, 6.07) is 21.2. The van der Waals surface area contributed by atoms with Gasteiger partial charge in [-0.05, 0) is 66.8 Å². The lowest BCUT2D eigenvalue weighted by Crippen LogP contribution is -2.20. The van der Waals surface area contributed by atoms with E-state index in [2.05, 4.69) is 77.0 Å². The predicted molar refractivity (Wildman–Crippen MR) is 127 cm³/mol. The van der Waals surface area contributed by atoms with Gasteiger partial charge in [-0.1, -0.05) is 59.8 Å². The molecule has 2 heterocycles. The van der Waals surface area contributed by atoms with Crippen molar-refractivity contribution in [2.75, 3.05) is 13.1 Å². The van der Waals surface area contributed by atoms with Crippen molar-refractivity contribution >= 4 is 11.3 Å². The third kappa shape index (κ3) is 4.92. The molecule has 1 aliphatic rings. The smallest absolute Gasteiger partial charge is 0.0878 e. The summed E-state index contributed by atoms with van der Waals surface area (Å²) in [4.78, 5) is 4.27. The number of hydrogen-bond donors (Lipinski definition) is 2. The second kappa shape index (κ2) is 9.71. The summed E-state index contributed by atoms with van der Waals surface area (Å²) in [6.07, 6.45) is 5.71. The zero-order valence-electron chi connectivity index (χ0n) is 18.2. The SMILES string of the molecule is Cc1cc(/C(C[C@H](c2ccc(C3=CCNCC3)cc2)c2ccccc2C)=N/O)ccn1. The lowest BCUT2D eigenvalue weighted by molar-refractivity contribution is 0.317. The molecule has 1 aromatic heterocycles. The molecule has 0 bridgehead atoms. The summed E-state index contributed by atoms with van der Waals surface area (Å²) in [5, 5.41) is 16.9. The molecule has 0 aliphatic carbocycles. The quantitative estimate of drug-likeness (QED) is 0.321. The summed E-state index contributed by atoms with van der Waals surface area (Å²) < 4.78 is 0. The van der Waals surface area contributed by atoms with Gasteiger partial charge in [0.1, 0.15) is 0 Å². The number of oxime groups is 1. The first-order valence-electron chi connectivity index (χ1n) is 10.9. The second-order valence-corrected chi connectivity index (χ2v) is 8.15. The number of pyridine rings is 1. The van der Waals surface area contributed by atoms with E-state index in [4.69, 9.17) is 0 Å². The standard InChI is InChI=1S/C27H29N3O/c1-19-5-3-4-6-25(19)26(18-27(30-31)24-13-16-29-20(2)17-24)23-9-7-21(8-10-23)22-11-14-28-15-12-22/h3-11,13,16-17,26,28,31H,12,14-15,18H2,1-2H3/b30-27+/t26-/m1/s1. The van der Waals surface area contributed by atoms with Crippen molar-refractivity contribution in [3.8, 4) is 0 Å². The summed E-state index contributed by atoms with van der Waals surface area (Å²) in [5.74, 6) is 0.0941. The van der Waals surface area contributed by atoms with E-state index in [9.17, 15) is 5.21 Å². The highest BCUT2D eigenvalue weighted by molar-refractivity contribution is 6.01. The zero-order chi connectivity index (χ0) is 21.6. The van der Waals surface area contributed by atoms with Crippen LogP contribution in [0, 0.1) is 13.8 Å². The van der Waals surface area contributed by atoms with Gasteiger partial charge in [0.15, 0.2) is 0 Å². The minimum Gasteiger partial charge on any atom is -0.411 e. The fourth-order valence-electron chi connectivity index (χ4n) is 4.33. The normalized spacial score (nSPS) is 15.4. The number of hydrogen-bond acceptors (Lipinski definition) is 4. The monoisotopic (exact) mass is 411 g/mol. The lowest BCUT2D eigenvalue weighted by atomic mass is 9.83. The molecule has 31 heavy (non-hydrogen) atoms. The van der Waals surface area contributed by atoms with Gasteiger partial charge in [-0.15, -0.1) is 0 Å². The molecule has 4 rings (SSSR count). The number of nitrogens with zero attached hydrogens (tertiary/aromatic N) is 2. The van der Waals surface area contributed by atoms with Gasteiger partial charge in [0, 0.05) is 36.3 Å². The third-order valence-corrected chi connectivity index (χ3v) is 6.06. The molecular weight excluding hydrogens is 382 g/mol. The number of rotatable bonds is 6. The Kier molecular flexibility index (Phi) is 6.58. The molecule has 0 radical (unpaired) electrons. The Balaban J connectivity index is 1.70. The van der Waals surface area contributed by atoms with Crippen LogP contribution in [0.4, 0.5) is 0 Å². The van der Waals surface area contributed by atoms with Crippen molar-refractivity contribution in [1.82, 2.24) is 10.3 Å². The van der Waals surface area contributed by atoms with Crippen molar-refractivity contribution in [3.05, 3.63) is 106 Å². The molecule has 4 heteroatoms. The van der Waals surface area contributed by atoms with Crippen LogP contribution in [-0.2, 0) is 0 Å². The van der Waals surface area contributed by atoms with E-state index in [0.29, 0.717) is 12.1 Å². The Labute approximate surface area is 184 Å². The summed E-state index contributed by atoms with van der Waals surface area (Å²) >= 11 is 0. The van der Waals surface area contributed by atoms with Crippen LogP contribution in [0.25, 0.3) is 5.57 Å². The molecule has 3 aromatic rings. The molecule has 0 saturated carbocycles. The Bertz CT molecular complexity index is 1100. The summed E-state index contributed by atoms with van der Waals surface area (Å²) in [7, 11) is 0. The Morgan fingerprint density at radius 1 is 1.10 bits per heavy atom. The Hall–Kier alpha value is -3.24. The van der Waals surface area contributed by atoms with Gasteiger partial charge in [-0.3, -0.25) is 4.98 Å². The molecule has 0 amide bonds. The highest BCUT2D eigenvalue weighted by Gasteiger charge is 2.21. The second-order valence-electron chi connectivity index (χ2n) is 8.15.